The highest BCUT2D eigenvalue weighted by atomic mass is 127. The summed E-state index contributed by atoms with van der Waals surface area (Å²) in [6, 6.07) is 8.46. The van der Waals surface area contributed by atoms with Gasteiger partial charge in [0.15, 0.2) is 0 Å². The third-order valence-corrected chi connectivity index (χ3v) is 7.87. The molecule has 0 aliphatic heterocycles. The number of hydrogen-bond acceptors (Lipinski definition) is 12. The Hall–Kier alpha value is -0.690. The fourth-order valence-electron chi connectivity index (χ4n) is 4.61. The minimum absolute atomic E-state index is 0.515. The summed E-state index contributed by atoms with van der Waals surface area (Å²) in [5.41, 5.74) is 1.38. The van der Waals surface area contributed by atoms with Crippen molar-refractivity contribution < 1.29 is 56.8 Å². The molecule has 0 atom stereocenters. The van der Waals surface area contributed by atoms with Crippen LogP contribution in [0, 0.1) is 0 Å². The molecule has 0 saturated carbocycles. The van der Waals surface area contributed by atoms with Gasteiger partial charge in [0.05, 0.1) is 145 Å². The summed E-state index contributed by atoms with van der Waals surface area (Å²) in [4.78, 5) is 0. The smallest absolute Gasteiger partial charge is 0.119 e. The van der Waals surface area contributed by atoms with E-state index in [1.165, 1.54) is 50.5 Å². The molecule has 0 unspecified atom stereocenters. The average Bonchev–Trinajstić information content (AvgIpc) is 3.16. The molecule has 306 valence electrons. The zero-order chi connectivity index (χ0) is 37.1. The van der Waals surface area contributed by atoms with Gasteiger partial charge in [0, 0.05) is 4.43 Å². The van der Waals surface area contributed by atoms with Crippen molar-refractivity contribution in [1.82, 2.24) is 0 Å². The molecule has 0 saturated heterocycles. The number of benzene rings is 1. The minimum atomic E-state index is 0.515. The van der Waals surface area contributed by atoms with Crippen molar-refractivity contribution in [3.63, 3.8) is 0 Å². The first-order valence-corrected chi connectivity index (χ1v) is 21.0. The molecule has 0 aromatic heterocycles. The van der Waals surface area contributed by atoms with E-state index >= 15 is 0 Å². The number of rotatable bonds is 44. The Balaban J connectivity index is 1.68. The summed E-state index contributed by atoms with van der Waals surface area (Å²) in [5.74, 6) is 0.888. The molecule has 0 radical (unpaired) electrons. The van der Waals surface area contributed by atoms with Gasteiger partial charge in [0.1, 0.15) is 12.4 Å². The Morgan fingerprint density at radius 1 is 0.346 bits per heavy atom. The van der Waals surface area contributed by atoms with Crippen LogP contribution < -0.4 is 4.74 Å². The summed E-state index contributed by atoms with van der Waals surface area (Å²) < 4.78 is 67.1. The molecule has 1 aromatic carbocycles. The maximum atomic E-state index is 5.79. The lowest BCUT2D eigenvalue weighted by Crippen LogP contribution is -2.15. The predicted molar refractivity (Wildman–Crippen MR) is 212 cm³/mol. The van der Waals surface area contributed by atoms with Crippen molar-refractivity contribution >= 4 is 22.6 Å². The summed E-state index contributed by atoms with van der Waals surface area (Å²) in [7, 11) is 0. The van der Waals surface area contributed by atoms with Crippen LogP contribution in [0.2, 0.25) is 0 Å². The van der Waals surface area contributed by atoms with E-state index in [2.05, 4.69) is 53.8 Å². The second-order valence-corrected chi connectivity index (χ2v) is 12.9. The minimum Gasteiger partial charge on any atom is -0.491 e. The van der Waals surface area contributed by atoms with Crippen molar-refractivity contribution in [2.45, 2.75) is 58.3 Å². The van der Waals surface area contributed by atoms with Crippen LogP contribution in [0.15, 0.2) is 24.3 Å². The van der Waals surface area contributed by atoms with E-state index in [-0.39, 0.29) is 0 Å². The second kappa shape index (κ2) is 43.0. The van der Waals surface area contributed by atoms with E-state index in [1.807, 2.05) is 0 Å². The van der Waals surface area contributed by atoms with E-state index in [4.69, 9.17) is 56.8 Å². The third kappa shape index (κ3) is 37.6. The van der Waals surface area contributed by atoms with Crippen LogP contribution in [0.1, 0.15) is 57.4 Å². The maximum Gasteiger partial charge on any atom is 0.119 e. The fourth-order valence-corrected chi connectivity index (χ4v) is 4.92. The SMILES string of the molecule is CCCCCCCCCc1ccc(OCCOCCOCCOCCOCCOCCOCCOCCOCCOCCOCCOCCI)cc1. The standard InChI is InChI=1S/C39H71IO12/c1-2-3-4-5-6-7-8-9-38-10-12-39(13-11-38)52-37-36-51-35-34-50-33-32-49-31-30-48-29-28-47-27-26-46-25-24-45-23-22-44-21-20-43-19-18-42-17-16-41-15-14-40/h10-13H,2-9,14-37H2,1H3. The van der Waals surface area contributed by atoms with Gasteiger partial charge < -0.3 is 56.8 Å². The van der Waals surface area contributed by atoms with Gasteiger partial charge in [-0.3, -0.25) is 0 Å². The van der Waals surface area contributed by atoms with Gasteiger partial charge in [-0.25, -0.2) is 0 Å². The Morgan fingerprint density at radius 3 is 0.962 bits per heavy atom. The van der Waals surface area contributed by atoms with Crippen molar-refractivity contribution in [3.8, 4) is 5.75 Å². The van der Waals surface area contributed by atoms with Crippen LogP contribution in [-0.4, -0.2) is 156 Å². The monoisotopic (exact) mass is 858 g/mol. The molecule has 1 aromatic rings. The molecule has 0 aliphatic rings. The van der Waals surface area contributed by atoms with Crippen molar-refractivity contribution in [2.75, 3.05) is 156 Å². The Morgan fingerprint density at radius 2 is 0.635 bits per heavy atom. The molecule has 0 spiro atoms. The van der Waals surface area contributed by atoms with Crippen molar-refractivity contribution in [1.29, 1.82) is 0 Å². The molecule has 0 amide bonds. The number of hydrogen-bond donors (Lipinski definition) is 0. The highest BCUT2D eigenvalue weighted by Gasteiger charge is 1.99. The van der Waals surface area contributed by atoms with Crippen LogP contribution in [0.5, 0.6) is 5.75 Å². The lowest BCUT2D eigenvalue weighted by Gasteiger charge is -2.09. The van der Waals surface area contributed by atoms with Gasteiger partial charge in [-0.2, -0.15) is 0 Å². The summed E-state index contributed by atoms with van der Waals surface area (Å²) in [6.07, 6.45) is 10.5. The van der Waals surface area contributed by atoms with Gasteiger partial charge in [-0.1, -0.05) is 80.2 Å². The molecule has 1 rings (SSSR count). The zero-order valence-electron chi connectivity index (χ0n) is 32.2. The maximum absolute atomic E-state index is 5.79. The van der Waals surface area contributed by atoms with E-state index in [0.717, 1.165) is 23.2 Å². The molecular formula is C39H71IO12. The van der Waals surface area contributed by atoms with Gasteiger partial charge in [0.2, 0.25) is 0 Å². The Kier molecular flexibility index (Phi) is 40.8. The zero-order valence-corrected chi connectivity index (χ0v) is 34.4. The van der Waals surface area contributed by atoms with Crippen LogP contribution in [0.3, 0.4) is 0 Å². The molecule has 52 heavy (non-hydrogen) atoms. The van der Waals surface area contributed by atoms with Gasteiger partial charge in [0.25, 0.3) is 0 Å². The highest BCUT2D eigenvalue weighted by Crippen LogP contribution is 2.15. The molecule has 0 fully saturated rings. The fraction of sp³-hybridized carbons (Fsp3) is 0.846. The molecule has 13 heteroatoms. The van der Waals surface area contributed by atoms with Crippen molar-refractivity contribution in [3.05, 3.63) is 29.8 Å². The predicted octanol–water partition coefficient (Wildman–Crippen LogP) is 5.98. The van der Waals surface area contributed by atoms with Crippen LogP contribution >= 0.6 is 22.6 Å². The molecule has 0 N–H and O–H groups in total. The number of ether oxygens (including phenoxy) is 12. The Bertz CT molecular complexity index is 808. The molecular weight excluding hydrogens is 787 g/mol. The number of alkyl halides is 1. The molecule has 0 aliphatic carbocycles. The Labute approximate surface area is 328 Å². The van der Waals surface area contributed by atoms with E-state index in [0.29, 0.717) is 145 Å². The summed E-state index contributed by atoms with van der Waals surface area (Å²) in [5, 5.41) is 0. The topological polar surface area (TPSA) is 111 Å². The summed E-state index contributed by atoms with van der Waals surface area (Å²) in [6.45, 7) is 14.8. The first kappa shape index (κ1) is 49.3. The normalized spacial score (nSPS) is 11.5. The van der Waals surface area contributed by atoms with E-state index < -0.39 is 0 Å². The molecule has 0 heterocycles. The first-order chi connectivity index (χ1) is 25.9. The van der Waals surface area contributed by atoms with Crippen molar-refractivity contribution in [2.24, 2.45) is 0 Å². The van der Waals surface area contributed by atoms with Crippen LogP contribution in [0.25, 0.3) is 0 Å². The molecule has 0 bridgehead atoms. The highest BCUT2D eigenvalue weighted by molar-refractivity contribution is 14.1. The molecule has 12 nitrogen and oxygen atoms in total. The van der Waals surface area contributed by atoms with Crippen LogP contribution in [-0.2, 0) is 58.5 Å². The largest absolute Gasteiger partial charge is 0.491 e. The summed E-state index contributed by atoms with van der Waals surface area (Å²) >= 11 is 2.28. The van der Waals surface area contributed by atoms with Gasteiger partial charge in [-0.15, -0.1) is 0 Å². The van der Waals surface area contributed by atoms with Gasteiger partial charge >= 0.3 is 0 Å². The van der Waals surface area contributed by atoms with E-state index in [9.17, 15) is 0 Å². The number of aryl methyl sites for hydroxylation is 1. The lowest BCUT2D eigenvalue weighted by molar-refractivity contribution is -0.0276. The quantitative estimate of drug-likeness (QED) is 0.0438. The van der Waals surface area contributed by atoms with Gasteiger partial charge in [-0.05, 0) is 30.5 Å². The number of unbranched alkanes of at least 4 members (excludes halogenated alkanes) is 6. The van der Waals surface area contributed by atoms with E-state index in [1.54, 1.807) is 0 Å². The second-order valence-electron chi connectivity index (χ2n) is 11.8. The average molecular weight is 859 g/mol. The third-order valence-electron chi connectivity index (χ3n) is 7.43. The number of halogens is 1. The van der Waals surface area contributed by atoms with Crippen LogP contribution in [0.4, 0.5) is 0 Å². The first-order valence-electron chi connectivity index (χ1n) is 19.5. The lowest BCUT2D eigenvalue weighted by atomic mass is 10.0.